The zero-order chi connectivity index (χ0) is 10.1. The van der Waals surface area contributed by atoms with Crippen LogP contribution in [0.15, 0.2) is 18.3 Å². The molecule has 3 nitrogen and oxygen atoms in total. The largest absolute Gasteiger partial charge is 0.366 e. The Hall–Kier alpha value is -1.45. The van der Waals surface area contributed by atoms with Crippen molar-refractivity contribution in [3.63, 3.8) is 0 Å². The Bertz CT molecular complexity index is 361. The number of primary amides is 1. The lowest BCUT2D eigenvalue weighted by atomic mass is 9.79. The molecular weight excluding hydrogens is 183 g/mol. The van der Waals surface area contributed by atoms with Crippen LogP contribution in [0, 0.1) is 0 Å². The van der Waals surface area contributed by atoms with E-state index in [0.717, 1.165) is 0 Å². The van der Waals surface area contributed by atoms with Gasteiger partial charge in [-0.3, -0.25) is 9.78 Å². The van der Waals surface area contributed by atoms with Crippen LogP contribution >= 0.6 is 0 Å². The smallest absolute Gasteiger partial charge is 0.250 e. The first-order valence-electron chi connectivity index (χ1n) is 4.57. The topological polar surface area (TPSA) is 56.0 Å². The van der Waals surface area contributed by atoms with Crippen LogP contribution in [0.3, 0.4) is 0 Å². The maximum Gasteiger partial charge on any atom is 0.250 e. The van der Waals surface area contributed by atoms with Gasteiger partial charge in [0.25, 0.3) is 5.91 Å². The van der Waals surface area contributed by atoms with E-state index in [2.05, 4.69) is 4.98 Å². The predicted molar refractivity (Wildman–Crippen MR) is 49.6 cm³/mol. The molecule has 0 aliphatic heterocycles. The summed E-state index contributed by atoms with van der Waals surface area (Å²) >= 11 is 0. The number of carbonyl (C=O) groups excluding carboxylic acids is 1. The van der Waals surface area contributed by atoms with E-state index >= 15 is 0 Å². The van der Waals surface area contributed by atoms with Crippen LogP contribution in [0.5, 0.6) is 0 Å². The molecule has 1 fully saturated rings. The van der Waals surface area contributed by atoms with Gasteiger partial charge in [-0.2, -0.15) is 0 Å². The van der Waals surface area contributed by atoms with Gasteiger partial charge in [-0.25, -0.2) is 4.39 Å². The van der Waals surface area contributed by atoms with Crippen LogP contribution in [-0.4, -0.2) is 17.1 Å². The van der Waals surface area contributed by atoms with E-state index < -0.39 is 12.1 Å². The number of pyridine rings is 1. The fourth-order valence-electron chi connectivity index (χ4n) is 1.72. The SMILES string of the molecule is NC(=O)c1cccnc1[C@H]1C[C@H](F)C1. The Kier molecular flexibility index (Phi) is 2.19. The number of nitrogens with zero attached hydrogens (tertiary/aromatic N) is 1. The number of alkyl halides is 1. The number of amides is 1. The van der Waals surface area contributed by atoms with Crippen molar-refractivity contribution in [2.75, 3.05) is 0 Å². The van der Waals surface area contributed by atoms with Crippen molar-refractivity contribution >= 4 is 5.91 Å². The molecule has 1 aromatic heterocycles. The van der Waals surface area contributed by atoms with Gasteiger partial charge in [-0.1, -0.05) is 0 Å². The van der Waals surface area contributed by atoms with E-state index in [9.17, 15) is 9.18 Å². The van der Waals surface area contributed by atoms with Crippen LogP contribution in [0.25, 0.3) is 0 Å². The Morgan fingerprint density at radius 1 is 1.57 bits per heavy atom. The fraction of sp³-hybridized carbons (Fsp3) is 0.400. The number of aromatic nitrogens is 1. The average Bonchev–Trinajstić information content (AvgIpc) is 2.13. The highest BCUT2D eigenvalue weighted by Gasteiger charge is 2.33. The lowest BCUT2D eigenvalue weighted by Crippen LogP contribution is -2.26. The van der Waals surface area contributed by atoms with Crippen LogP contribution < -0.4 is 5.73 Å². The highest BCUT2D eigenvalue weighted by atomic mass is 19.1. The first-order chi connectivity index (χ1) is 6.68. The molecule has 2 N–H and O–H groups in total. The molecule has 0 spiro atoms. The monoisotopic (exact) mass is 194 g/mol. The molecule has 1 saturated carbocycles. The number of hydrogen-bond donors (Lipinski definition) is 1. The predicted octanol–water partition coefficient (Wildman–Crippen LogP) is 1.40. The Morgan fingerprint density at radius 2 is 2.29 bits per heavy atom. The molecule has 1 aliphatic carbocycles. The lowest BCUT2D eigenvalue weighted by molar-refractivity contribution is 0.0994. The number of rotatable bonds is 2. The fourth-order valence-corrected chi connectivity index (χ4v) is 1.72. The maximum atomic E-state index is 12.6. The van der Waals surface area contributed by atoms with Crippen molar-refractivity contribution in [3.8, 4) is 0 Å². The van der Waals surface area contributed by atoms with Gasteiger partial charge in [0.05, 0.1) is 11.3 Å². The number of halogens is 1. The standard InChI is InChI=1S/C10H11FN2O/c11-7-4-6(5-7)9-8(10(12)14)2-1-3-13-9/h1-3,6-7H,4-5H2,(H2,12,14)/t6-,7-. The van der Waals surface area contributed by atoms with Crippen molar-refractivity contribution in [3.05, 3.63) is 29.6 Å². The Balaban J connectivity index is 2.28. The molecule has 1 aliphatic rings. The summed E-state index contributed by atoms with van der Waals surface area (Å²) in [6.07, 6.45) is 1.77. The summed E-state index contributed by atoms with van der Waals surface area (Å²) in [4.78, 5) is 15.1. The van der Waals surface area contributed by atoms with Gasteiger partial charge in [-0.15, -0.1) is 0 Å². The van der Waals surface area contributed by atoms with Crippen molar-refractivity contribution in [1.82, 2.24) is 4.98 Å². The minimum absolute atomic E-state index is 0.0636. The molecular formula is C10H11FN2O. The maximum absolute atomic E-state index is 12.6. The van der Waals surface area contributed by atoms with E-state index in [1.165, 1.54) is 0 Å². The zero-order valence-corrected chi connectivity index (χ0v) is 7.61. The van der Waals surface area contributed by atoms with Gasteiger partial charge >= 0.3 is 0 Å². The molecule has 1 aromatic rings. The molecule has 74 valence electrons. The highest BCUT2D eigenvalue weighted by molar-refractivity contribution is 5.94. The van der Waals surface area contributed by atoms with E-state index in [1.807, 2.05) is 0 Å². The normalized spacial score (nSPS) is 25.5. The van der Waals surface area contributed by atoms with Gasteiger partial charge < -0.3 is 5.73 Å². The lowest BCUT2D eigenvalue weighted by Gasteiger charge is -2.29. The van der Waals surface area contributed by atoms with E-state index in [0.29, 0.717) is 24.1 Å². The summed E-state index contributed by atoms with van der Waals surface area (Å²) in [5.74, 6) is -0.427. The third-order valence-corrected chi connectivity index (χ3v) is 2.57. The second-order valence-corrected chi connectivity index (χ2v) is 3.57. The molecule has 4 heteroatoms. The van der Waals surface area contributed by atoms with E-state index in [4.69, 9.17) is 5.73 Å². The summed E-state index contributed by atoms with van der Waals surface area (Å²) in [5, 5.41) is 0. The Labute approximate surface area is 81.1 Å². The second kappa shape index (κ2) is 3.36. The van der Waals surface area contributed by atoms with Crippen molar-refractivity contribution in [2.24, 2.45) is 5.73 Å². The van der Waals surface area contributed by atoms with Gasteiger partial charge in [0.1, 0.15) is 6.17 Å². The third-order valence-electron chi connectivity index (χ3n) is 2.57. The summed E-state index contributed by atoms with van der Waals surface area (Å²) in [5.41, 5.74) is 6.26. The number of hydrogen-bond acceptors (Lipinski definition) is 2. The molecule has 0 saturated heterocycles. The van der Waals surface area contributed by atoms with Crippen molar-refractivity contribution in [1.29, 1.82) is 0 Å². The summed E-state index contributed by atoms with van der Waals surface area (Å²) < 4.78 is 12.6. The van der Waals surface area contributed by atoms with Crippen LogP contribution in [0.4, 0.5) is 4.39 Å². The van der Waals surface area contributed by atoms with Crippen LogP contribution in [0.1, 0.15) is 34.8 Å². The van der Waals surface area contributed by atoms with Gasteiger partial charge in [-0.05, 0) is 25.0 Å². The van der Waals surface area contributed by atoms with Crippen molar-refractivity contribution < 1.29 is 9.18 Å². The molecule has 1 amide bonds. The van der Waals surface area contributed by atoms with Gasteiger partial charge in [0.15, 0.2) is 0 Å². The Morgan fingerprint density at radius 3 is 2.86 bits per heavy atom. The number of nitrogens with two attached hydrogens (primary N) is 1. The van der Waals surface area contributed by atoms with E-state index in [-0.39, 0.29) is 5.92 Å². The zero-order valence-electron chi connectivity index (χ0n) is 7.61. The van der Waals surface area contributed by atoms with Crippen molar-refractivity contribution in [2.45, 2.75) is 24.9 Å². The molecule has 1 heterocycles. The van der Waals surface area contributed by atoms with E-state index in [1.54, 1.807) is 18.3 Å². The molecule has 0 atom stereocenters. The molecule has 0 radical (unpaired) electrons. The minimum atomic E-state index is -0.747. The summed E-state index contributed by atoms with van der Waals surface area (Å²) in [6.45, 7) is 0. The highest BCUT2D eigenvalue weighted by Crippen LogP contribution is 2.38. The molecule has 14 heavy (non-hydrogen) atoms. The third kappa shape index (κ3) is 1.47. The first kappa shape index (κ1) is 9.12. The molecule has 0 bridgehead atoms. The molecule has 2 rings (SSSR count). The van der Waals surface area contributed by atoms with Crippen LogP contribution in [-0.2, 0) is 0 Å². The van der Waals surface area contributed by atoms with Gasteiger partial charge in [0.2, 0.25) is 0 Å². The average molecular weight is 194 g/mol. The summed E-state index contributed by atoms with van der Waals surface area (Å²) in [7, 11) is 0. The number of carbonyl (C=O) groups is 1. The quantitative estimate of drug-likeness (QED) is 0.773. The van der Waals surface area contributed by atoms with Gasteiger partial charge in [0, 0.05) is 12.1 Å². The minimum Gasteiger partial charge on any atom is -0.366 e. The van der Waals surface area contributed by atoms with Crippen LogP contribution in [0.2, 0.25) is 0 Å². The summed E-state index contributed by atoms with van der Waals surface area (Å²) in [6, 6.07) is 3.30. The molecule has 0 unspecified atom stereocenters. The first-order valence-corrected chi connectivity index (χ1v) is 4.57. The molecule has 0 aromatic carbocycles. The second-order valence-electron chi connectivity index (χ2n) is 3.57.